The third-order valence-electron chi connectivity index (χ3n) is 2.65. The molecule has 0 aliphatic heterocycles. The highest BCUT2D eigenvalue weighted by atomic mass is 16.2. The van der Waals surface area contributed by atoms with Gasteiger partial charge in [-0.25, -0.2) is 0 Å². The van der Waals surface area contributed by atoms with Gasteiger partial charge in [0.05, 0.1) is 13.1 Å². The van der Waals surface area contributed by atoms with Crippen molar-refractivity contribution >= 4 is 17.5 Å². The second-order valence-corrected chi connectivity index (χ2v) is 4.49. The van der Waals surface area contributed by atoms with E-state index in [1.165, 1.54) is 0 Å². The lowest BCUT2D eigenvalue weighted by Crippen LogP contribution is -2.40. The van der Waals surface area contributed by atoms with Gasteiger partial charge in [-0.2, -0.15) is 0 Å². The second kappa shape index (κ2) is 7.38. The van der Waals surface area contributed by atoms with Crippen LogP contribution in [0.1, 0.15) is 12.0 Å². The monoisotopic (exact) mass is 264 g/mol. The summed E-state index contributed by atoms with van der Waals surface area (Å²) in [5, 5.41) is 0. The molecule has 0 heterocycles. The summed E-state index contributed by atoms with van der Waals surface area (Å²) in [7, 11) is 0. The van der Waals surface area contributed by atoms with Gasteiger partial charge in [0.1, 0.15) is 0 Å². The van der Waals surface area contributed by atoms with Crippen LogP contribution < -0.4 is 17.2 Å². The summed E-state index contributed by atoms with van der Waals surface area (Å²) in [5.41, 5.74) is 17.8. The zero-order valence-electron chi connectivity index (χ0n) is 10.8. The lowest BCUT2D eigenvalue weighted by Gasteiger charge is -2.18. The second-order valence-electron chi connectivity index (χ2n) is 4.49. The molecule has 6 nitrogen and oxygen atoms in total. The van der Waals surface area contributed by atoms with Crippen LogP contribution in [0.25, 0.3) is 0 Å². The number of nitrogen functional groups attached to an aromatic ring is 1. The van der Waals surface area contributed by atoms with Crippen molar-refractivity contribution in [3.8, 4) is 0 Å². The Bertz CT molecular complexity index is 432. The topological polar surface area (TPSA) is 115 Å². The van der Waals surface area contributed by atoms with Gasteiger partial charge < -0.3 is 17.2 Å². The Morgan fingerprint density at radius 3 is 2.26 bits per heavy atom. The summed E-state index contributed by atoms with van der Waals surface area (Å²) in [5.74, 6) is -0.935. The smallest absolute Gasteiger partial charge is 0.231 e. The number of nitrogens with zero attached hydrogens (tertiary/aromatic N) is 1. The number of primary amides is 2. The van der Waals surface area contributed by atoms with Crippen molar-refractivity contribution in [1.29, 1.82) is 0 Å². The highest BCUT2D eigenvalue weighted by Gasteiger charge is 2.10. The number of carbonyl (C=O) groups excluding carboxylic acids is 2. The number of hydrogen-bond acceptors (Lipinski definition) is 4. The highest BCUT2D eigenvalue weighted by molar-refractivity contribution is 5.79. The molecule has 1 aromatic carbocycles. The standard InChI is InChI=1S/C13H20N4O2/c14-11-5-1-3-10(7-11)4-2-6-17(8-12(15)18)9-13(16)19/h1,3,5,7H,2,4,6,8-9,14H2,(H2,15,18)(H2,16,19). The maximum atomic E-state index is 10.9. The van der Waals surface area contributed by atoms with Gasteiger partial charge in [-0.15, -0.1) is 0 Å². The summed E-state index contributed by atoms with van der Waals surface area (Å²) >= 11 is 0. The number of carbonyl (C=O) groups is 2. The Kier molecular flexibility index (Phi) is 5.81. The predicted molar refractivity (Wildman–Crippen MR) is 74.0 cm³/mol. The molecule has 0 unspecified atom stereocenters. The third-order valence-corrected chi connectivity index (χ3v) is 2.65. The van der Waals surface area contributed by atoms with Crippen LogP contribution in [0.2, 0.25) is 0 Å². The van der Waals surface area contributed by atoms with E-state index in [0.29, 0.717) is 6.54 Å². The molecule has 1 rings (SSSR count). The molecule has 0 spiro atoms. The molecule has 0 fully saturated rings. The van der Waals surface area contributed by atoms with Gasteiger partial charge in [-0.1, -0.05) is 12.1 Å². The molecule has 0 saturated heterocycles. The third kappa shape index (κ3) is 6.42. The normalized spacial score (nSPS) is 10.6. The first-order chi connectivity index (χ1) is 8.97. The van der Waals surface area contributed by atoms with Crippen LogP contribution in [0.4, 0.5) is 5.69 Å². The zero-order valence-corrected chi connectivity index (χ0v) is 10.8. The van der Waals surface area contributed by atoms with Gasteiger partial charge in [0.2, 0.25) is 11.8 Å². The molecule has 0 aromatic heterocycles. The Hall–Kier alpha value is -2.08. The maximum absolute atomic E-state index is 10.9. The summed E-state index contributed by atoms with van der Waals surface area (Å²) in [4.78, 5) is 23.4. The van der Waals surface area contributed by atoms with Crippen molar-refractivity contribution < 1.29 is 9.59 Å². The minimum Gasteiger partial charge on any atom is -0.399 e. The van der Waals surface area contributed by atoms with E-state index in [9.17, 15) is 9.59 Å². The van der Waals surface area contributed by atoms with Crippen LogP contribution in [0.15, 0.2) is 24.3 Å². The maximum Gasteiger partial charge on any atom is 0.231 e. The number of anilines is 1. The Morgan fingerprint density at radius 2 is 1.74 bits per heavy atom. The fourth-order valence-corrected chi connectivity index (χ4v) is 1.91. The molecule has 6 heteroatoms. The van der Waals surface area contributed by atoms with Crippen molar-refractivity contribution in [1.82, 2.24) is 4.90 Å². The predicted octanol–water partition coefficient (Wildman–Crippen LogP) is -0.526. The van der Waals surface area contributed by atoms with Crippen molar-refractivity contribution in [2.75, 3.05) is 25.4 Å². The van der Waals surface area contributed by atoms with Gasteiger partial charge in [0, 0.05) is 5.69 Å². The molecule has 0 aliphatic rings. The molecule has 0 aliphatic carbocycles. The largest absolute Gasteiger partial charge is 0.399 e. The SMILES string of the molecule is NC(=O)CN(CCCc1cccc(N)c1)CC(N)=O. The van der Waals surface area contributed by atoms with E-state index in [-0.39, 0.29) is 13.1 Å². The van der Waals surface area contributed by atoms with E-state index in [1.807, 2.05) is 24.3 Å². The summed E-state index contributed by atoms with van der Waals surface area (Å²) in [6.07, 6.45) is 1.61. The first-order valence-electron chi connectivity index (χ1n) is 6.10. The van der Waals surface area contributed by atoms with Crippen LogP contribution in [-0.2, 0) is 16.0 Å². The molecule has 1 aromatic rings. The molecule has 0 saturated carbocycles. The average molecular weight is 264 g/mol. The molecule has 0 radical (unpaired) electrons. The zero-order chi connectivity index (χ0) is 14.3. The fourth-order valence-electron chi connectivity index (χ4n) is 1.91. The van der Waals surface area contributed by atoms with E-state index in [1.54, 1.807) is 4.90 Å². The number of amides is 2. The van der Waals surface area contributed by atoms with E-state index in [4.69, 9.17) is 17.2 Å². The minimum atomic E-state index is -0.467. The van der Waals surface area contributed by atoms with Crippen LogP contribution in [0.3, 0.4) is 0 Å². The summed E-state index contributed by atoms with van der Waals surface area (Å²) in [6.45, 7) is 0.667. The Balaban J connectivity index is 2.43. The van der Waals surface area contributed by atoms with Crippen LogP contribution in [0, 0.1) is 0 Å². The molecule has 19 heavy (non-hydrogen) atoms. The molecule has 2 amide bonds. The quantitative estimate of drug-likeness (QED) is 0.547. The van der Waals surface area contributed by atoms with Crippen LogP contribution in [-0.4, -0.2) is 36.3 Å². The summed E-state index contributed by atoms with van der Waals surface area (Å²) < 4.78 is 0. The molecule has 0 atom stereocenters. The van der Waals surface area contributed by atoms with E-state index < -0.39 is 11.8 Å². The number of nitrogens with two attached hydrogens (primary N) is 3. The van der Waals surface area contributed by atoms with E-state index in [0.717, 1.165) is 24.1 Å². The van der Waals surface area contributed by atoms with E-state index in [2.05, 4.69) is 0 Å². The minimum absolute atomic E-state index is 0.0415. The van der Waals surface area contributed by atoms with Crippen molar-refractivity contribution in [3.05, 3.63) is 29.8 Å². The van der Waals surface area contributed by atoms with Gasteiger partial charge in [-0.3, -0.25) is 14.5 Å². The van der Waals surface area contributed by atoms with Gasteiger partial charge in [0.15, 0.2) is 0 Å². The fraction of sp³-hybridized carbons (Fsp3) is 0.385. The lowest BCUT2D eigenvalue weighted by atomic mass is 10.1. The first-order valence-corrected chi connectivity index (χ1v) is 6.10. The summed E-state index contributed by atoms with van der Waals surface area (Å²) in [6, 6.07) is 7.63. The van der Waals surface area contributed by atoms with Crippen LogP contribution in [0.5, 0.6) is 0 Å². The van der Waals surface area contributed by atoms with Crippen molar-refractivity contribution in [2.45, 2.75) is 12.8 Å². The number of rotatable bonds is 8. The molecular formula is C13H20N4O2. The number of benzene rings is 1. The van der Waals surface area contributed by atoms with Gasteiger partial charge in [-0.05, 0) is 37.1 Å². The van der Waals surface area contributed by atoms with Gasteiger partial charge in [0.25, 0.3) is 0 Å². The van der Waals surface area contributed by atoms with Gasteiger partial charge >= 0.3 is 0 Å². The number of aryl methyl sites for hydroxylation is 1. The molecule has 6 N–H and O–H groups in total. The Labute approximate surface area is 112 Å². The van der Waals surface area contributed by atoms with Crippen molar-refractivity contribution in [2.24, 2.45) is 11.5 Å². The lowest BCUT2D eigenvalue weighted by molar-refractivity contribution is -0.121. The van der Waals surface area contributed by atoms with Crippen LogP contribution >= 0.6 is 0 Å². The van der Waals surface area contributed by atoms with E-state index >= 15 is 0 Å². The molecular weight excluding hydrogens is 244 g/mol. The van der Waals surface area contributed by atoms with Crippen molar-refractivity contribution in [3.63, 3.8) is 0 Å². The number of hydrogen-bond donors (Lipinski definition) is 3. The first kappa shape index (κ1) is 15.0. The molecule has 104 valence electrons. The highest BCUT2D eigenvalue weighted by Crippen LogP contribution is 2.09. The Morgan fingerprint density at radius 1 is 1.11 bits per heavy atom. The average Bonchev–Trinajstić information content (AvgIpc) is 2.27. The molecule has 0 bridgehead atoms.